The van der Waals surface area contributed by atoms with E-state index in [2.05, 4.69) is 0 Å². The maximum atomic E-state index is 11.1. The smallest absolute Gasteiger partial charge is 0.216 e. The molecule has 0 aromatic carbocycles. The first-order chi connectivity index (χ1) is 5.55. The van der Waals surface area contributed by atoms with Gasteiger partial charge in [0.1, 0.15) is 0 Å². The molecule has 5 heteroatoms. The van der Waals surface area contributed by atoms with Crippen LogP contribution in [0.15, 0.2) is 0 Å². The fourth-order valence-electron chi connectivity index (χ4n) is 2.11. The van der Waals surface area contributed by atoms with E-state index >= 15 is 0 Å². The Morgan fingerprint density at radius 3 is 2.25 bits per heavy atom. The maximum absolute atomic E-state index is 11.1. The molecule has 2 aliphatic rings. The molecule has 2 N–H and O–H groups in total. The number of rotatable bonds is 1. The molecule has 4 nitrogen and oxygen atoms in total. The van der Waals surface area contributed by atoms with E-state index in [1.165, 1.54) is 4.31 Å². The van der Waals surface area contributed by atoms with E-state index in [-0.39, 0.29) is 5.54 Å². The Labute approximate surface area is 72.9 Å². The molecule has 2 fully saturated rings. The van der Waals surface area contributed by atoms with Crippen LogP contribution in [0.2, 0.25) is 0 Å². The maximum Gasteiger partial charge on any atom is 0.277 e. The molecule has 1 aliphatic carbocycles. The zero-order chi connectivity index (χ0) is 8.82. The lowest BCUT2D eigenvalue weighted by molar-refractivity contribution is 0.233. The van der Waals surface area contributed by atoms with Gasteiger partial charge >= 0.3 is 0 Å². The predicted octanol–water partition coefficient (Wildman–Crippen LogP) is 0.208. The van der Waals surface area contributed by atoms with Crippen LogP contribution in [0.5, 0.6) is 0 Å². The third kappa shape index (κ3) is 1.26. The highest BCUT2D eigenvalue weighted by atomic mass is 32.2. The van der Waals surface area contributed by atoms with Crippen molar-refractivity contribution in [1.29, 1.82) is 0 Å². The SMILES string of the molecule is NS(=O)(=O)N1CCCCC12CC2. The molecule has 1 aliphatic heterocycles. The van der Waals surface area contributed by atoms with Gasteiger partial charge in [0.15, 0.2) is 0 Å². The summed E-state index contributed by atoms with van der Waals surface area (Å²) in [7, 11) is -3.44. The van der Waals surface area contributed by atoms with Gasteiger partial charge in [-0.05, 0) is 25.7 Å². The number of piperidine rings is 1. The molecule has 0 bridgehead atoms. The van der Waals surface area contributed by atoms with E-state index in [1.807, 2.05) is 0 Å². The summed E-state index contributed by atoms with van der Waals surface area (Å²) in [6.45, 7) is 0.624. The molecule has 0 unspecified atom stereocenters. The third-order valence-electron chi connectivity index (χ3n) is 2.92. The Hall–Kier alpha value is -0.130. The monoisotopic (exact) mass is 190 g/mol. The van der Waals surface area contributed by atoms with E-state index in [4.69, 9.17) is 5.14 Å². The van der Waals surface area contributed by atoms with E-state index in [1.54, 1.807) is 0 Å². The summed E-state index contributed by atoms with van der Waals surface area (Å²) in [5, 5.41) is 5.12. The van der Waals surface area contributed by atoms with Gasteiger partial charge in [0.25, 0.3) is 10.2 Å². The van der Waals surface area contributed by atoms with E-state index in [9.17, 15) is 8.42 Å². The molecule has 1 heterocycles. The van der Waals surface area contributed by atoms with Crippen LogP contribution in [0.4, 0.5) is 0 Å². The summed E-state index contributed by atoms with van der Waals surface area (Å²) in [5.41, 5.74) is -0.0498. The Morgan fingerprint density at radius 2 is 1.83 bits per heavy atom. The molecule has 0 atom stereocenters. The van der Waals surface area contributed by atoms with Crippen molar-refractivity contribution in [2.45, 2.75) is 37.6 Å². The highest BCUT2D eigenvalue weighted by Crippen LogP contribution is 2.48. The number of nitrogens with zero attached hydrogens (tertiary/aromatic N) is 1. The van der Waals surface area contributed by atoms with Gasteiger partial charge in [0, 0.05) is 12.1 Å². The fourth-order valence-corrected chi connectivity index (χ4v) is 3.31. The van der Waals surface area contributed by atoms with Crippen molar-refractivity contribution in [2.24, 2.45) is 5.14 Å². The van der Waals surface area contributed by atoms with Crippen LogP contribution in [-0.4, -0.2) is 24.8 Å². The van der Waals surface area contributed by atoms with Crippen LogP contribution in [0.25, 0.3) is 0 Å². The van der Waals surface area contributed by atoms with Crippen molar-refractivity contribution in [1.82, 2.24) is 4.31 Å². The molecule has 70 valence electrons. The minimum atomic E-state index is -3.44. The largest absolute Gasteiger partial charge is 0.277 e. The quantitative estimate of drug-likeness (QED) is 0.642. The summed E-state index contributed by atoms with van der Waals surface area (Å²) in [4.78, 5) is 0. The van der Waals surface area contributed by atoms with Gasteiger partial charge in [0.05, 0.1) is 0 Å². The van der Waals surface area contributed by atoms with Gasteiger partial charge in [-0.1, -0.05) is 6.42 Å². The summed E-state index contributed by atoms with van der Waals surface area (Å²) in [5.74, 6) is 0. The lowest BCUT2D eigenvalue weighted by Gasteiger charge is -2.33. The third-order valence-corrected chi connectivity index (χ3v) is 4.10. The van der Waals surface area contributed by atoms with Crippen molar-refractivity contribution >= 4 is 10.2 Å². The highest BCUT2D eigenvalue weighted by molar-refractivity contribution is 7.86. The van der Waals surface area contributed by atoms with Crippen molar-refractivity contribution in [3.05, 3.63) is 0 Å². The molecule has 1 spiro atoms. The zero-order valence-electron chi connectivity index (χ0n) is 6.99. The summed E-state index contributed by atoms with van der Waals surface area (Å²) in [6.07, 6.45) is 5.11. The van der Waals surface area contributed by atoms with E-state index in [0.717, 1.165) is 32.1 Å². The molecule has 0 aromatic heterocycles. The summed E-state index contributed by atoms with van der Waals surface area (Å²) in [6, 6.07) is 0. The first-order valence-corrected chi connectivity index (χ1v) is 5.86. The van der Waals surface area contributed by atoms with Crippen LogP contribution in [0, 0.1) is 0 Å². The van der Waals surface area contributed by atoms with Gasteiger partial charge in [-0.2, -0.15) is 12.7 Å². The van der Waals surface area contributed by atoms with Gasteiger partial charge < -0.3 is 0 Å². The second kappa shape index (κ2) is 2.43. The molecule has 2 rings (SSSR count). The molecular formula is C7H14N2O2S. The molecule has 0 amide bonds. The first-order valence-electron chi connectivity index (χ1n) is 4.35. The molecule has 0 aromatic rings. The zero-order valence-corrected chi connectivity index (χ0v) is 7.81. The van der Waals surface area contributed by atoms with Crippen LogP contribution >= 0.6 is 0 Å². The van der Waals surface area contributed by atoms with Crippen molar-refractivity contribution in [3.63, 3.8) is 0 Å². The Balaban J connectivity index is 2.23. The van der Waals surface area contributed by atoms with E-state index < -0.39 is 10.2 Å². The first kappa shape index (κ1) is 8.47. The lowest BCUT2D eigenvalue weighted by atomic mass is 10.0. The Kier molecular flexibility index (Phi) is 1.72. The molecule has 1 saturated heterocycles. The minimum absolute atomic E-state index is 0.0498. The highest BCUT2D eigenvalue weighted by Gasteiger charge is 2.52. The topological polar surface area (TPSA) is 63.4 Å². The van der Waals surface area contributed by atoms with Crippen LogP contribution in [0.1, 0.15) is 32.1 Å². The van der Waals surface area contributed by atoms with Crippen molar-refractivity contribution < 1.29 is 8.42 Å². The molecule has 1 saturated carbocycles. The average molecular weight is 190 g/mol. The van der Waals surface area contributed by atoms with Crippen LogP contribution in [0.3, 0.4) is 0 Å². The summed E-state index contributed by atoms with van der Waals surface area (Å²) < 4.78 is 23.8. The van der Waals surface area contributed by atoms with Gasteiger partial charge in [-0.25, -0.2) is 5.14 Å². The van der Waals surface area contributed by atoms with Crippen molar-refractivity contribution in [3.8, 4) is 0 Å². The second-order valence-corrected chi connectivity index (χ2v) is 5.27. The van der Waals surface area contributed by atoms with Gasteiger partial charge in [-0.15, -0.1) is 0 Å². The van der Waals surface area contributed by atoms with Gasteiger partial charge in [0.2, 0.25) is 0 Å². The van der Waals surface area contributed by atoms with Crippen molar-refractivity contribution in [2.75, 3.05) is 6.54 Å². The molecule has 12 heavy (non-hydrogen) atoms. The predicted molar refractivity (Wildman–Crippen MR) is 45.6 cm³/mol. The number of nitrogens with two attached hydrogens (primary N) is 1. The minimum Gasteiger partial charge on any atom is -0.216 e. The fraction of sp³-hybridized carbons (Fsp3) is 1.00. The molecular weight excluding hydrogens is 176 g/mol. The summed E-state index contributed by atoms with van der Waals surface area (Å²) >= 11 is 0. The van der Waals surface area contributed by atoms with Crippen LogP contribution in [-0.2, 0) is 10.2 Å². The number of hydrogen-bond acceptors (Lipinski definition) is 2. The van der Waals surface area contributed by atoms with E-state index in [0.29, 0.717) is 6.54 Å². The average Bonchev–Trinajstić information content (AvgIpc) is 2.68. The number of hydrogen-bond donors (Lipinski definition) is 1. The Bertz CT molecular complexity index is 282. The Morgan fingerprint density at radius 1 is 1.17 bits per heavy atom. The molecule has 0 radical (unpaired) electrons. The normalized spacial score (nSPS) is 29.1. The van der Waals surface area contributed by atoms with Gasteiger partial charge in [-0.3, -0.25) is 0 Å². The standard InChI is InChI=1S/C7H14N2O2S/c8-12(10,11)9-6-2-1-3-7(9)4-5-7/h1-6H2,(H2,8,10,11). The second-order valence-electron chi connectivity index (χ2n) is 3.80. The van der Waals surface area contributed by atoms with Crippen LogP contribution < -0.4 is 5.14 Å². The lowest BCUT2D eigenvalue weighted by Crippen LogP contribution is -2.48.